The van der Waals surface area contributed by atoms with Gasteiger partial charge in [-0.2, -0.15) is 8.42 Å². The maximum atomic E-state index is 11.1. The second-order valence-electron chi connectivity index (χ2n) is 5.18. The quantitative estimate of drug-likeness (QED) is 0.815. The Morgan fingerprint density at radius 1 is 1.32 bits per heavy atom. The van der Waals surface area contributed by atoms with Crippen LogP contribution in [0, 0.1) is 0 Å². The number of piperidine rings is 1. The topological polar surface area (TPSA) is 93.1 Å². The first kappa shape index (κ1) is 16.6. The lowest BCUT2D eigenvalue weighted by atomic mass is 10.1. The number of carbonyl (C=O) groups is 1. The molecule has 0 atom stereocenters. The van der Waals surface area contributed by atoms with E-state index in [4.69, 9.17) is 14.0 Å². The smallest absolute Gasteiger partial charge is 0.335 e. The van der Waals surface area contributed by atoms with E-state index in [0.29, 0.717) is 31.7 Å². The largest absolute Gasteiger partial charge is 0.495 e. The van der Waals surface area contributed by atoms with Gasteiger partial charge in [0.2, 0.25) is 0 Å². The van der Waals surface area contributed by atoms with E-state index in [1.165, 1.54) is 19.2 Å². The third-order valence-electron chi connectivity index (χ3n) is 3.52. The Labute approximate surface area is 129 Å². The van der Waals surface area contributed by atoms with Gasteiger partial charge in [-0.1, -0.05) is 0 Å². The molecule has 1 saturated heterocycles. The number of nitrogens with zero attached hydrogens (tertiary/aromatic N) is 1. The number of aromatic carboxylic acids is 1. The molecule has 1 heterocycles. The number of anilines is 1. The highest BCUT2D eigenvalue weighted by Crippen LogP contribution is 2.32. The number of ether oxygens (including phenoxy) is 1. The highest BCUT2D eigenvalue weighted by Gasteiger charge is 2.25. The van der Waals surface area contributed by atoms with Gasteiger partial charge in [0, 0.05) is 13.1 Å². The van der Waals surface area contributed by atoms with E-state index in [1.54, 1.807) is 6.07 Å². The van der Waals surface area contributed by atoms with E-state index in [2.05, 4.69) is 0 Å². The molecule has 1 aromatic rings. The summed E-state index contributed by atoms with van der Waals surface area (Å²) in [6.07, 6.45) is 1.90. The van der Waals surface area contributed by atoms with E-state index in [1.807, 2.05) is 4.90 Å². The van der Waals surface area contributed by atoms with Crippen LogP contribution < -0.4 is 9.64 Å². The van der Waals surface area contributed by atoms with Gasteiger partial charge in [-0.25, -0.2) is 4.79 Å². The molecular formula is C14H19NO6S. The van der Waals surface area contributed by atoms with Gasteiger partial charge in [-0.15, -0.1) is 0 Å². The van der Waals surface area contributed by atoms with Crippen LogP contribution in [-0.2, 0) is 14.3 Å². The number of carboxylic acids is 1. The van der Waals surface area contributed by atoms with Crippen molar-refractivity contribution in [3.63, 3.8) is 0 Å². The molecule has 1 fully saturated rings. The van der Waals surface area contributed by atoms with Crippen molar-refractivity contribution in [1.82, 2.24) is 0 Å². The molecule has 0 radical (unpaired) electrons. The molecule has 8 heteroatoms. The van der Waals surface area contributed by atoms with Crippen molar-refractivity contribution in [3.05, 3.63) is 23.8 Å². The summed E-state index contributed by atoms with van der Waals surface area (Å²) in [7, 11) is -1.95. The van der Waals surface area contributed by atoms with Gasteiger partial charge < -0.3 is 14.7 Å². The molecule has 2 rings (SSSR count). The predicted octanol–water partition coefficient (Wildman–Crippen LogP) is 1.34. The van der Waals surface area contributed by atoms with E-state index in [9.17, 15) is 13.2 Å². The van der Waals surface area contributed by atoms with Gasteiger partial charge in [0.25, 0.3) is 10.1 Å². The maximum absolute atomic E-state index is 11.1. The van der Waals surface area contributed by atoms with Crippen molar-refractivity contribution < 1.29 is 27.2 Å². The SMILES string of the molecule is COc1cc(C(=O)O)ccc1N1CCC(OS(C)(=O)=O)CC1. The number of hydrogen-bond acceptors (Lipinski definition) is 6. The molecule has 0 aromatic heterocycles. The Hall–Kier alpha value is -1.80. The van der Waals surface area contributed by atoms with Crippen LogP contribution in [0.15, 0.2) is 18.2 Å². The number of hydrogen-bond donors (Lipinski definition) is 1. The second kappa shape index (κ2) is 6.53. The molecule has 0 bridgehead atoms. The van der Waals surface area contributed by atoms with Crippen LogP contribution in [0.4, 0.5) is 5.69 Å². The van der Waals surface area contributed by atoms with Crippen molar-refractivity contribution in [3.8, 4) is 5.75 Å². The van der Waals surface area contributed by atoms with Crippen LogP contribution in [0.3, 0.4) is 0 Å². The summed E-state index contributed by atoms with van der Waals surface area (Å²) < 4.78 is 32.6. The van der Waals surface area contributed by atoms with Crippen molar-refractivity contribution in [1.29, 1.82) is 0 Å². The fraction of sp³-hybridized carbons (Fsp3) is 0.500. The molecule has 1 aliphatic heterocycles. The third kappa shape index (κ3) is 4.11. The third-order valence-corrected chi connectivity index (χ3v) is 4.14. The van der Waals surface area contributed by atoms with Crippen LogP contribution in [0.25, 0.3) is 0 Å². The first-order valence-electron chi connectivity index (χ1n) is 6.84. The normalized spacial score (nSPS) is 16.5. The van der Waals surface area contributed by atoms with Gasteiger partial charge in [-0.05, 0) is 31.0 Å². The standard InChI is InChI=1S/C14H19NO6S/c1-20-13-9-10(14(16)17)3-4-12(13)15-7-5-11(6-8-15)21-22(2,18)19/h3-4,9,11H,5-8H2,1-2H3,(H,16,17). The van der Waals surface area contributed by atoms with Crippen LogP contribution in [0.2, 0.25) is 0 Å². The lowest BCUT2D eigenvalue weighted by Crippen LogP contribution is -2.38. The van der Waals surface area contributed by atoms with Crippen molar-refractivity contribution in [2.75, 3.05) is 31.4 Å². The van der Waals surface area contributed by atoms with Gasteiger partial charge in [-0.3, -0.25) is 4.18 Å². The zero-order valence-electron chi connectivity index (χ0n) is 12.5. The Balaban J connectivity index is 2.09. The van der Waals surface area contributed by atoms with Crippen LogP contribution in [0.5, 0.6) is 5.75 Å². The average molecular weight is 329 g/mol. The van der Waals surface area contributed by atoms with Crippen LogP contribution >= 0.6 is 0 Å². The molecule has 1 N–H and O–H groups in total. The van der Waals surface area contributed by atoms with E-state index in [0.717, 1.165) is 11.9 Å². The average Bonchev–Trinajstić information content (AvgIpc) is 2.45. The summed E-state index contributed by atoms with van der Waals surface area (Å²) in [4.78, 5) is 13.0. The summed E-state index contributed by atoms with van der Waals surface area (Å²) in [6.45, 7) is 1.23. The van der Waals surface area contributed by atoms with Crippen molar-refractivity contribution >= 4 is 21.8 Å². The van der Waals surface area contributed by atoms with E-state index < -0.39 is 16.1 Å². The molecule has 0 saturated carbocycles. The molecular weight excluding hydrogens is 310 g/mol. The molecule has 0 aliphatic carbocycles. The number of methoxy groups -OCH3 is 1. The second-order valence-corrected chi connectivity index (χ2v) is 6.78. The maximum Gasteiger partial charge on any atom is 0.335 e. The highest BCUT2D eigenvalue weighted by molar-refractivity contribution is 7.86. The monoisotopic (exact) mass is 329 g/mol. The Morgan fingerprint density at radius 3 is 2.45 bits per heavy atom. The molecule has 0 amide bonds. The first-order chi connectivity index (χ1) is 10.3. The van der Waals surface area contributed by atoms with Gasteiger partial charge in [0.1, 0.15) is 5.75 Å². The Morgan fingerprint density at radius 2 is 1.95 bits per heavy atom. The molecule has 1 aromatic carbocycles. The zero-order valence-corrected chi connectivity index (χ0v) is 13.3. The Kier molecular flexibility index (Phi) is 4.92. The van der Waals surface area contributed by atoms with Crippen LogP contribution in [0.1, 0.15) is 23.2 Å². The number of benzene rings is 1. The minimum atomic E-state index is -3.44. The molecule has 7 nitrogen and oxygen atoms in total. The number of rotatable bonds is 5. The fourth-order valence-corrected chi connectivity index (χ4v) is 3.20. The summed E-state index contributed by atoms with van der Waals surface area (Å²) in [5.41, 5.74) is 0.959. The fourth-order valence-electron chi connectivity index (χ4n) is 2.51. The molecule has 0 spiro atoms. The Bertz CT molecular complexity index is 649. The predicted molar refractivity (Wildman–Crippen MR) is 81.1 cm³/mol. The lowest BCUT2D eigenvalue weighted by molar-refractivity contribution is 0.0696. The molecule has 122 valence electrons. The van der Waals surface area contributed by atoms with E-state index >= 15 is 0 Å². The van der Waals surface area contributed by atoms with Gasteiger partial charge >= 0.3 is 5.97 Å². The zero-order chi connectivity index (χ0) is 16.3. The molecule has 0 unspecified atom stereocenters. The minimum Gasteiger partial charge on any atom is -0.495 e. The van der Waals surface area contributed by atoms with E-state index in [-0.39, 0.29) is 11.7 Å². The molecule has 1 aliphatic rings. The number of carboxylic acid groups (broad SMARTS) is 1. The first-order valence-corrected chi connectivity index (χ1v) is 8.66. The summed E-state index contributed by atoms with van der Waals surface area (Å²) in [6, 6.07) is 4.72. The summed E-state index contributed by atoms with van der Waals surface area (Å²) >= 11 is 0. The molecule has 22 heavy (non-hydrogen) atoms. The highest BCUT2D eigenvalue weighted by atomic mass is 32.2. The van der Waals surface area contributed by atoms with Gasteiger partial charge in [0.05, 0.1) is 30.7 Å². The van der Waals surface area contributed by atoms with Crippen molar-refractivity contribution in [2.24, 2.45) is 0 Å². The van der Waals surface area contributed by atoms with Crippen LogP contribution in [-0.4, -0.2) is 52.1 Å². The summed E-state index contributed by atoms with van der Waals surface area (Å²) in [5, 5.41) is 9.01. The minimum absolute atomic E-state index is 0.163. The lowest BCUT2D eigenvalue weighted by Gasteiger charge is -2.33. The van der Waals surface area contributed by atoms with Gasteiger partial charge in [0.15, 0.2) is 0 Å². The summed E-state index contributed by atoms with van der Waals surface area (Å²) in [5.74, 6) is -0.521. The van der Waals surface area contributed by atoms with Crippen molar-refractivity contribution in [2.45, 2.75) is 18.9 Å².